The molecule has 8 heteroatoms. The monoisotopic (exact) mass is 484 g/mol. The summed E-state index contributed by atoms with van der Waals surface area (Å²) in [7, 11) is -3.89. The Morgan fingerprint density at radius 2 is 1.73 bits per heavy atom. The van der Waals surface area contributed by atoms with Crippen LogP contribution in [-0.4, -0.2) is 19.9 Å². The lowest BCUT2D eigenvalue weighted by atomic mass is 10.0. The number of sulfone groups is 1. The van der Waals surface area contributed by atoms with Crippen LogP contribution in [0.3, 0.4) is 0 Å². The molecule has 0 unspecified atom stereocenters. The number of anilines is 1. The van der Waals surface area contributed by atoms with Gasteiger partial charge in [-0.2, -0.15) is 4.98 Å². The Morgan fingerprint density at radius 1 is 0.967 bits per heavy atom. The fourth-order valence-corrected chi connectivity index (χ4v) is 5.16. The van der Waals surface area contributed by atoms with E-state index in [9.17, 15) is 8.42 Å². The Bertz CT molecular complexity index is 1300. The van der Waals surface area contributed by atoms with Gasteiger partial charge in [-0.05, 0) is 53.9 Å². The Morgan fingerprint density at radius 3 is 2.47 bits per heavy atom. The molecule has 1 aliphatic rings. The van der Waals surface area contributed by atoms with E-state index in [1.165, 1.54) is 11.8 Å². The number of fused-ring (bicyclic) bond motifs is 1. The molecule has 3 heterocycles. The van der Waals surface area contributed by atoms with E-state index in [4.69, 9.17) is 8.83 Å². The highest BCUT2D eigenvalue weighted by molar-refractivity contribution is 9.10. The lowest BCUT2D eigenvalue weighted by Crippen LogP contribution is -2.31. The van der Waals surface area contributed by atoms with Gasteiger partial charge in [0, 0.05) is 17.6 Å². The molecule has 1 aliphatic heterocycles. The van der Waals surface area contributed by atoms with Gasteiger partial charge in [-0.1, -0.05) is 40.2 Å². The molecule has 2 aromatic carbocycles. The average molecular weight is 485 g/mol. The van der Waals surface area contributed by atoms with Gasteiger partial charge < -0.3 is 13.7 Å². The smallest absolute Gasteiger partial charge is 0.266 e. The van der Waals surface area contributed by atoms with Crippen molar-refractivity contribution in [1.82, 2.24) is 4.98 Å². The van der Waals surface area contributed by atoms with Gasteiger partial charge in [0.25, 0.3) is 5.89 Å². The van der Waals surface area contributed by atoms with E-state index in [2.05, 4.69) is 27.0 Å². The molecule has 0 amide bonds. The maximum Gasteiger partial charge on any atom is 0.266 e. The average Bonchev–Trinajstić information content (AvgIpc) is 3.44. The zero-order chi connectivity index (χ0) is 20.7. The summed E-state index contributed by atoms with van der Waals surface area (Å²) in [5.74, 6) is 0.759. The molecule has 0 atom stereocenters. The second-order valence-corrected chi connectivity index (χ2v) is 9.78. The molecular formula is C22H17BrN2O4S. The molecule has 0 fully saturated rings. The highest BCUT2D eigenvalue weighted by Crippen LogP contribution is 2.37. The lowest BCUT2D eigenvalue weighted by molar-refractivity contribution is 0.502. The summed E-state index contributed by atoms with van der Waals surface area (Å²) in [4.78, 5) is 6.43. The van der Waals surface area contributed by atoms with E-state index in [1.54, 1.807) is 36.4 Å². The summed E-state index contributed by atoms with van der Waals surface area (Å²) >= 11 is 3.34. The van der Waals surface area contributed by atoms with E-state index in [0.717, 1.165) is 16.5 Å². The van der Waals surface area contributed by atoms with Gasteiger partial charge >= 0.3 is 0 Å². The molecule has 0 spiro atoms. The van der Waals surface area contributed by atoms with Gasteiger partial charge in [0.15, 0.2) is 5.76 Å². The molecule has 0 radical (unpaired) electrons. The summed E-state index contributed by atoms with van der Waals surface area (Å²) in [6.07, 6.45) is 2.30. The summed E-state index contributed by atoms with van der Waals surface area (Å²) in [6, 6.07) is 18.0. The third kappa shape index (κ3) is 3.36. The van der Waals surface area contributed by atoms with E-state index in [0.29, 0.717) is 18.8 Å². The predicted octanol–water partition coefficient (Wildman–Crippen LogP) is 5.09. The molecule has 30 heavy (non-hydrogen) atoms. The van der Waals surface area contributed by atoms with Crippen molar-refractivity contribution in [2.75, 3.05) is 11.4 Å². The molecule has 6 nitrogen and oxygen atoms in total. The number of hydrogen-bond acceptors (Lipinski definition) is 6. The fraction of sp³-hybridized carbons (Fsp3) is 0.136. The highest BCUT2D eigenvalue weighted by atomic mass is 79.9. The summed E-state index contributed by atoms with van der Waals surface area (Å²) < 4.78 is 39.0. The van der Waals surface area contributed by atoms with Crippen LogP contribution in [0.1, 0.15) is 11.1 Å². The van der Waals surface area contributed by atoms with Gasteiger partial charge in [-0.3, -0.25) is 0 Å². The first-order chi connectivity index (χ1) is 14.5. The van der Waals surface area contributed by atoms with Crippen molar-refractivity contribution >= 4 is 31.7 Å². The minimum Gasteiger partial charge on any atom is -0.459 e. The summed E-state index contributed by atoms with van der Waals surface area (Å²) in [6.45, 7) is 1.18. The number of hydrogen-bond donors (Lipinski definition) is 0. The zero-order valence-corrected chi connectivity index (χ0v) is 18.2. The highest BCUT2D eigenvalue weighted by Gasteiger charge is 2.33. The minimum atomic E-state index is -3.89. The molecule has 0 aliphatic carbocycles. The predicted molar refractivity (Wildman–Crippen MR) is 115 cm³/mol. The van der Waals surface area contributed by atoms with Gasteiger partial charge in [-0.25, -0.2) is 8.42 Å². The molecule has 0 bridgehead atoms. The second-order valence-electron chi connectivity index (χ2n) is 7.00. The maximum absolute atomic E-state index is 13.4. The minimum absolute atomic E-state index is 0.101. The molecule has 0 N–H and O–H groups in total. The molecule has 5 rings (SSSR count). The fourth-order valence-electron chi connectivity index (χ4n) is 3.57. The molecule has 2 aromatic heterocycles. The third-order valence-corrected chi connectivity index (χ3v) is 7.30. The van der Waals surface area contributed by atoms with Crippen molar-refractivity contribution in [1.29, 1.82) is 0 Å². The number of oxazole rings is 1. The van der Waals surface area contributed by atoms with Crippen LogP contribution < -0.4 is 4.90 Å². The maximum atomic E-state index is 13.4. The number of furan rings is 1. The molecule has 152 valence electrons. The Hall–Kier alpha value is -2.84. The van der Waals surface area contributed by atoms with Crippen LogP contribution in [0, 0.1) is 0 Å². The Kier molecular flexibility index (Phi) is 4.75. The topological polar surface area (TPSA) is 76.5 Å². The van der Waals surface area contributed by atoms with Gasteiger partial charge in [0.1, 0.15) is 0 Å². The van der Waals surface area contributed by atoms with E-state index >= 15 is 0 Å². The van der Waals surface area contributed by atoms with Crippen molar-refractivity contribution < 1.29 is 17.3 Å². The van der Waals surface area contributed by atoms with Crippen LogP contribution in [0.25, 0.3) is 11.7 Å². The first-order valence-corrected chi connectivity index (χ1v) is 11.7. The first kappa shape index (κ1) is 19.1. The SMILES string of the molecule is O=S(=O)(c1ccc(Br)cc1)c1nc(-c2ccco2)oc1N1CCc2ccccc2C1. The van der Waals surface area contributed by atoms with Crippen molar-refractivity contribution in [3.63, 3.8) is 0 Å². The third-order valence-electron chi connectivity index (χ3n) is 5.11. The van der Waals surface area contributed by atoms with Gasteiger partial charge in [0.2, 0.25) is 20.7 Å². The number of aromatic nitrogens is 1. The van der Waals surface area contributed by atoms with Crippen LogP contribution >= 0.6 is 15.9 Å². The molecular weight excluding hydrogens is 468 g/mol. The first-order valence-electron chi connectivity index (χ1n) is 9.39. The zero-order valence-electron chi connectivity index (χ0n) is 15.8. The summed E-state index contributed by atoms with van der Waals surface area (Å²) in [5, 5.41) is -0.101. The van der Waals surface area contributed by atoms with Crippen molar-refractivity contribution in [3.05, 3.63) is 82.5 Å². The van der Waals surface area contributed by atoms with Gasteiger partial charge in [0.05, 0.1) is 11.2 Å². The normalized spacial score (nSPS) is 14.0. The van der Waals surface area contributed by atoms with Crippen LogP contribution in [0.2, 0.25) is 0 Å². The van der Waals surface area contributed by atoms with Crippen LogP contribution in [0.4, 0.5) is 5.88 Å². The molecule has 0 saturated carbocycles. The number of benzene rings is 2. The van der Waals surface area contributed by atoms with E-state index in [1.807, 2.05) is 23.1 Å². The summed E-state index contributed by atoms with van der Waals surface area (Å²) in [5.41, 5.74) is 2.41. The quantitative estimate of drug-likeness (QED) is 0.401. The van der Waals surface area contributed by atoms with Gasteiger partial charge in [-0.15, -0.1) is 0 Å². The molecule has 0 saturated heterocycles. The van der Waals surface area contributed by atoms with E-state index in [-0.39, 0.29) is 21.7 Å². The van der Waals surface area contributed by atoms with Crippen molar-refractivity contribution in [2.24, 2.45) is 0 Å². The van der Waals surface area contributed by atoms with Crippen LogP contribution in [0.5, 0.6) is 0 Å². The largest absolute Gasteiger partial charge is 0.459 e. The van der Waals surface area contributed by atoms with Crippen molar-refractivity contribution in [2.45, 2.75) is 22.9 Å². The van der Waals surface area contributed by atoms with Crippen LogP contribution in [-0.2, 0) is 22.8 Å². The number of nitrogens with zero attached hydrogens (tertiary/aromatic N) is 2. The second kappa shape index (κ2) is 7.45. The number of halogens is 1. The molecule has 4 aromatic rings. The van der Waals surface area contributed by atoms with Crippen molar-refractivity contribution in [3.8, 4) is 11.7 Å². The Balaban J connectivity index is 1.62. The Labute approximate surface area is 182 Å². The van der Waals surface area contributed by atoms with Crippen LogP contribution in [0.15, 0.2) is 90.2 Å². The van der Waals surface area contributed by atoms with E-state index < -0.39 is 9.84 Å². The lowest BCUT2D eigenvalue weighted by Gasteiger charge is -2.28. The standard InChI is InChI=1S/C22H17BrN2O4S/c23-17-7-9-18(10-8-17)30(26,27)21-22(29-20(24-21)19-6-3-13-28-19)25-12-11-15-4-1-2-5-16(15)14-25/h1-10,13H,11-12,14H2. The number of rotatable bonds is 4.